The van der Waals surface area contributed by atoms with Crippen LogP contribution in [0.4, 0.5) is 0 Å². The monoisotopic (exact) mass is 144 g/mol. The van der Waals surface area contributed by atoms with Crippen molar-refractivity contribution in [3.8, 4) is 0 Å². The zero-order valence-corrected chi connectivity index (χ0v) is 6.11. The average molecular weight is 144 g/mol. The molecule has 0 saturated heterocycles. The van der Waals surface area contributed by atoms with Crippen LogP contribution in [0.5, 0.6) is 0 Å². The van der Waals surface area contributed by atoms with E-state index in [0.717, 1.165) is 0 Å². The summed E-state index contributed by atoms with van der Waals surface area (Å²) in [7, 11) is 0. The highest BCUT2D eigenvalue weighted by Gasteiger charge is 2.35. The lowest BCUT2D eigenvalue weighted by molar-refractivity contribution is -0.103. The summed E-state index contributed by atoms with van der Waals surface area (Å²) in [4.78, 5) is 0. The van der Waals surface area contributed by atoms with E-state index in [2.05, 4.69) is 0 Å². The molecule has 3 nitrogen and oxygen atoms in total. The Kier molecular flexibility index (Phi) is 1.70. The molecule has 1 aliphatic rings. The van der Waals surface area contributed by atoms with Gasteiger partial charge in [-0.2, -0.15) is 0 Å². The Bertz CT molecular complexity index is 151. The summed E-state index contributed by atoms with van der Waals surface area (Å²) in [6, 6.07) is 0. The normalized spacial score (nSPS) is 46.8. The van der Waals surface area contributed by atoms with Crippen molar-refractivity contribution < 1.29 is 14.9 Å². The fourth-order valence-electron chi connectivity index (χ4n) is 0.949. The van der Waals surface area contributed by atoms with Gasteiger partial charge in [-0.1, -0.05) is 0 Å². The highest BCUT2D eigenvalue weighted by molar-refractivity contribution is 5.05. The van der Waals surface area contributed by atoms with Crippen LogP contribution < -0.4 is 0 Å². The molecule has 0 aromatic heterocycles. The smallest absolute Gasteiger partial charge is 0.124 e. The van der Waals surface area contributed by atoms with Gasteiger partial charge >= 0.3 is 0 Å². The van der Waals surface area contributed by atoms with Crippen LogP contribution >= 0.6 is 0 Å². The van der Waals surface area contributed by atoms with Crippen LogP contribution in [0.25, 0.3) is 0 Å². The third kappa shape index (κ3) is 1.15. The molecule has 2 N–H and O–H groups in total. The Morgan fingerprint density at radius 2 is 2.20 bits per heavy atom. The molecule has 3 heteroatoms. The van der Waals surface area contributed by atoms with Crippen LogP contribution in [-0.4, -0.2) is 28.0 Å². The quantitative estimate of drug-likeness (QED) is 0.504. The summed E-state index contributed by atoms with van der Waals surface area (Å²) < 4.78 is 4.94. The number of ether oxygens (including phenoxy) is 1. The zero-order chi connectivity index (χ0) is 7.78. The molecule has 3 atom stereocenters. The Morgan fingerprint density at radius 1 is 1.60 bits per heavy atom. The number of rotatable bonds is 0. The third-order valence-electron chi connectivity index (χ3n) is 1.74. The van der Waals surface area contributed by atoms with E-state index in [0.29, 0.717) is 0 Å². The molecule has 0 radical (unpaired) electrons. The summed E-state index contributed by atoms with van der Waals surface area (Å²) in [6.45, 7) is 3.26. The van der Waals surface area contributed by atoms with Crippen molar-refractivity contribution in [1.82, 2.24) is 0 Å². The SMILES string of the molecule is C[C@@H]1OC=CC(C)(O)[C@H]1O. The van der Waals surface area contributed by atoms with E-state index in [-0.39, 0.29) is 6.10 Å². The van der Waals surface area contributed by atoms with Gasteiger partial charge in [-0.05, 0) is 19.9 Å². The molecule has 1 rings (SSSR count). The maximum absolute atomic E-state index is 9.40. The van der Waals surface area contributed by atoms with Crippen molar-refractivity contribution in [3.05, 3.63) is 12.3 Å². The predicted octanol–water partition coefficient (Wildman–Crippen LogP) is 0.0307. The zero-order valence-electron chi connectivity index (χ0n) is 6.11. The average Bonchev–Trinajstić information content (AvgIpc) is 1.83. The summed E-state index contributed by atoms with van der Waals surface area (Å²) in [5.41, 5.74) is -1.14. The van der Waals surface area contributed by atoms with Crippen molar-refractivity contribution in [3.63, 3.8) is 0 Å². The molecule has 1 unspecified atom stereocenters. The molecule has 0 aromatic rings. The Labute approximate surface area is 59.9 Å². The summed E-state index contributed by atoms with van der Waals surface area (Å²) in [5, 5.41) is 18.7. The molecular formula is C7H12O3. The molecule has 0 aromatic carbocycles. The van der Waals surface area contributed by atoms with Crippen molar-refractivity contribution >= 4 is 0 Å². The van der Waals surface area contributed by atoms with Gasteiger partial charge in [-0.15, -0.1) is 0 Å². The van der Waals surface area contributed by atoms with Crippen molar-refractivity contribution in [2.45, 2.75) is 31.7 Å². The van der Waals surface area contributed by atoms with Gasteiger partial charge in [0.1, 0.15) is 17.8 Å². The Morgan fingerprint density at radius 3 is 2.60 bits per heavy atom. The van der Waals surface area contributed by atoms with Crippen LogP contribution in [-0.2, 0) is 4.74 Å². The number of hydrogen-bond donors (Lipinski definition) is 2. The fourth-order valence-corrected chi connectivity index (χ4v) is 0.949. The van der Waals surface area contributed by atoms with E-state index in [9.17, 15) is 10.2 Å². The predicted molar refractivity (Wildman–Crippen MR) is 36.3 cm³/mol. The maximum Gasteiger partial charge on any atom is 0.124 e. The number of hydrogen-bond acceptors (Lipinski definition) is 3. The van der Waals surface area contributed by atoms with Gasteiger partial charge in [0.15, 0.2) is 0 Å². The topological polar surface area (TPSA) is 49.7 Å². The van der Waals surface area contributed by atoms with Gasteiger partial charge in [0.25, 0.3) is 0 Å². The van der Waals surface area contributed by atoms with Gasteiger partial charge in [0.2, 0.25) is 0 Å². The van der Waals surface area contributed by atoms with E-state index in [1.807, 2.05) is 0 Å². The maximum atomic E-state index is 9.40. The highest BCUT2D eigenvalue weighted by atomic mass is 16.5. The first kappa shape index (κ1) is 7.57. The van der Waals surface area contributed by atoms with Gasteiger partial charge < -0.3 is 14.9 Å². The van der Waals surface area contributed by atoms with E-state index in [1.165, 1.54) is 12.3 Å². The van der Waals surface area contributed by atoms with Crippen molar-refractivity contribution in [1.29, 1.82) is 0 Å². The van der Waals surface area contributed by atoms with E-state index in [4.69, 9.17) is 4.74 Å². The minimum absolute atomic E-state index is 0.333. The van der Waals surface area contributed by atoms with Crippen LogP contribution in [0.1, 0.15) is 13.8 Å². The first-order valence-corrected chi connectivity index (χ1v) is 3.27. The first-order valence-electron chi connectivity index (χ1n) is 3.27. The van der Waals surface area contributed by atoms with Crippen LogP contribution in [0, 0.1) is 0 Å². The van der Waals surface area contributed by atoms with E-state index in [1.54, 1.807) is 13.8 Å². The number of aliphatic hydroxyl groups excluding tert-OH is 1. The molecule has 0 aliphatic carbocycles. The Balaban J connectivity index is 2.77. The fraction of sp³-hybridized carbons (Fsp3) is 0.714. The second-order valence-electron chi connectivity index (χ2n) is 2.81. The molecule has 0 bridgehead atoms. The second kappa shape index (κ2) is 2.25. The molecule has 58 valence electrons. The van der Waals surface area contributed by atoms with Gasteiger partial charge in [-0.3, -0.25) is 0 Å². The van der Waals surface area contributed by atoms with E-state index >= 15 is 0 Å². The minimum Gasteiger partial charge on any atom is -0.496 e. The standard InChI is InChI=1S/C7H12O3/c1-5-6(8)7(2,9)3-4-10-5/h3-6,8-9H,1-2H3/t5-,6-,7?/m0/s1. The van der Waals surface area contributed by atoms with Gasteiger partial charge in [-0.25, -0.2) is 0 Å². The summed E-state index contributed by atoms with van der Waals surface area (Å²) >= 11 is 0. The first-order chi connectivity index (χ1) is 4.54. The van der Waals surface area contributed by atoms with Gasteiger partial charge in [0, 0.05) is 0 Å². The van der Waals surface area contributed by atoms with Crippen LogP contribution in [0.2, 0.25) is 0 Å². The highest BCUT2D eigenvalue weighted by Crippen LogP contribution is 2.21. The van der Waals surface area contributed by atoms with Crippen molar-refractivity contribution in [2.24, 2.45) is 0 Å². The molecule has 0 amide bonds. The largest absolute Gasteiger partial charge is 0.496 e. The number of aliphatic hydroxyl groups is 2. The third-order valence-corrected chi connectivity index (χ3v) is 1.74. The Hall–Kier alpha value is -0.540. The van der Waals surface area contributed by atoms with Gasteiger partial charge in [0.05, 0.1) is 6.26 Å². The molecular weight excluding hydrogens is 132 g/mol. The van der Waals surface area contributed by atoms with Crippen LogP contribution in [0.15, 0.2) is 12.3 Å². The molecule has 10 heavy (non-hydrogen) atoms. The molecule has 0 spiro atoms. The second-order valence-corrected chi connectivity index (χ2v) is 2.81. The van der Waals surface area contributed by atoms with Crippen LogP contribution in [0.3, 0.4) is 0 Å². The lowest BCUT2D eigenvalue weighted by Gasteiger charge is -2.33. The van der Waals surface area contributed by atoms with E-state index < -0.39 is 11.7 Å². The lowest BCUT2D eigenvalue weighted by atomic mass is 9.94. The summed E-state index contributed by atoms with van der Waals surface area (Å²) in [5.74, 6) is 0. The molecule has 0 saturated carbocycles. The van der Waals surface area contributed by atoms with Crippen molar-refractivity contribution in [2.75, 3.05) is 0 Å². The molecule has 1 heterocycles. The summed E-state index contributed by atoms with van der Waals surface area (Å²) in [6.07, 6.45) is 1.69. The minimum atomic E-state index is -1.14. The molecule has 0 fully saturated rings. The lowest BCUT2D eigenvalue weighted by Crippen LogP contribution is -2.47. The molecule has 1 aliphatic heterocycles.